The quantitative estimate of drug-likeness (QED) is 0.311. The van der Waals surface area contributed by atoms with E-state index in [1.165, 1.54) is 0 Å². The summed E-state index contributed by atoms with van der Waals surface area (Å²) in [5.41, 5.74) is 1.07. The van der Waals surface area contributed by atoms with Crippen LogP contribution in [-0.2, 0) is 6.54 Å². The van der Waals surface area contributed by atoms with Crippen molar-refractivity contribution in [2.75, 3.05) is 0 Å². The normalized spacial score (nSPS) is 12.6. The molecule has 0 saturated carbocycles. The van der Waals surface area contributed by atoms with E-state index in [-0.39, 0.29) is 17.3 Å². The molecule has 146 valence electrons. The summed E-state index contributed by atoms with van der Waals surface area (Å²) in [7, 11) is 0. The maximum atomic E-state index is 12.6. The van der Waals surface area contributed by atoms with Crippen molar-refractivity contribution in [1.82, 2.24) is 20.9 Å². The SMILES string of the molecule is CC(C)(C)C(NC(=O)c1ccc(Cl)cc1)N/C(=N/C#N)NCc1cccnc1. The lowest BCUT2D eigenvalue weighted by Crippen LogP contribution is -2.57. The summed E-state index contributed by atoms with van der Waals surface area (Å²) in [6, 6.07) is 10.4. The second kappa shape index (κ2) is 9.72. The van der Waals surface area contributed by atoms with Crippen LogP contribution < -0.4 is 16.0 Å². The van der Waals surface area contributed by atoms with Gasteiger partial charge in [-0.1, -0.05) is 38.4 Å². The number of guanidine groups is 1. The first-order valence-corrected chi connectivity index (χ1v) is 9.10. The molecule has 2 aromatic rings. The molecule has 0 saturated heterocycles. The standard InChI is InChI=1S/C20H23ClN6O/c1-20(2,3)18(26-17(28)15-6-8-16(21)9-7-15)27-19(25-13-22)24-12-14-5-4-10-23-11-14/h4-11,18H,12H2,1-3H3,(H,26,28)(H2,24,25,27). The van der Waals surface area contributed by atoms with Gasteiger partial charge in [0.2, 0.25) is 12.2 Å². The Morgan fingerprint density at radius 3 is 2.54 bits per heavy atom. The molecule has 0 aliphatic rings. The molecule has 3 N–H and O–H groups in total. The summed E-state index contributed by atoms with van der Waals surface area (Å²) in [5, 5.41) is 18.7. The van der Waals surface area contributed by atoms with E-state index in [4.69, 9.17) is 16.9 Å². The molecule has 1 atom stereocenters. The van der Waals surface area contributed by atoms with Gasteiger partial charge < -0.3 is 16.0 Å². The number of aliphatic imine (C=N–C) groups is 1. The van der Waals surface area contributed by atoms with Gasteiger partial charge >= 0.3 is 0 Å². The van der Waals surface area contributed by atoms with Crippen LogP contribution in [0.2, 0.25) is 5.02 Å². The van der Waals surface area contributed by atoms with E-state index in [9.17, 15) is 4.79 Å². The maximum Gasteiger partial charge on any atom is 0.252 e. The first kappa shape index (κ1) is 21.2. The highest BCUT2D eigenvalue weighted by molar-refractivity contribution is 6.30. The molecule has 0 aliphatic carbocycles. The van der Waals surface area contributed by atoms with Gasteiger partial charge in [0.15, 0.2) is 0 Å². The first-order chi connectivity index (χ1) is 13.3. The van der Waals surface area contributed by atoms with Crippen molar-refractivity contribution in [2.45, 2.75) is 33.5 Å². The van der Waals surface area contributed by atoms with E-state index in [2.05, 4.69) is 25.9 Å². The van der Waals surface area contributed by atoms with Crippen molar-refractivity contribution >= 4 is 23.5 Å². The van der Waals surface area contributed by atoms with Gasteiger partial charge in [0.25, 0.3) is 5.91 Å². The number of hydrogen-bond acceptors (Lipinski definition) is 4. The number of halogens is 1. The fourth-order valence-electron chi connectivity index (χ4n) is 2.28. The van der Waals surface area contributed by atoms with Gasteiger partial charge in [0, 0.05) is 34.9 Å². The lowest BCUT2D eigenvalue weighted by Gasteiger charge is -2.33. The van der Waals surface area contributed by atoms with E-state index >= 15 is 0 Å². The number of nitrogens with one attached hydrogen (secondary N) is 3. The Kier molecular flexibility index (Phi) is 7.36. The number of amides is 1. The Balaban J connectivity index is 2.10. The molecule has 1 amide bonds. The molecule has 28 heavy (non-hydrogen) atoms. The monoisotopic (exact) mass is 398 g/mol. The molecule has 8 heteroatoms. The fraction of sp³-hybridized carbons (Fsp3) is 0.300. The van der Waals surface area contributed by atoms with E-state index in [0.717, 1.165) is 5.56 Å². The van der Waals surface area contributed by atoms with E-state index in [1.54, 1.807) is 42.9 Å². The summed E-state index contributed by atoms with van der Waals surface area (Å²) in [4.78, 5) is 20.5. The lowest BCUT2D eigenvalue weighted by molar-refractivity contribution is 0.0894. The van der Waals surface area contributed by atoms with Gasteiger partial charge in [-0.2, -0.15) is 5.26 Å². The van der Waals surface area contributed by atoms with Crippen molar-refractivity contribution in [1.29, 1.82) is 5.26 Å². The molecular formula is C20H23ClN6O. The molecule has 0 fully saturated rings. The Morgan fingerprint density at radius 2 is 1.96 bits per heavy atom. The van der Waals surface area contributed by atoms with Gasteiger partial charge in [-0.25, -0.2) is 0 Å². The second-order valence-corrected chi connectivity index (χ2v) is 7.64. The van der Waals surface area contributed by atoms with Gasteiger partial charge in [-0.3, -0.25) is 9.78 Å². The van der Waals surface area contributed by atoms with Crippen molar-refractivity contribution in [3.8, 4) is 6.19 Å². The molecule has 0 bridgehead atoms. The number of pyridine rings is 1. The van der Waals surface area contributed by atoms with Crippen molar-refractivity contribution in [3.63, 3.8) is 0 Å². The summed E-state index contributed by atoms with van der Waals surface area (Å²) in [6.07, 6.45) is 4.70. The van der Waals surface area contributed by atoms with Crippen LogP contribution in [-0.4, -0.2) is 23.0 Å². The molecule has 0 spiro atoms. The number of hydrogen-bond donors (Lipinski definition) is 3. The van der Waals surface area contributed by atoms with Crippen molar-refractivity contribution in [3.05, 3.63) is 64.9 Å². The maximum absolute atomic E-state index is 12.6. The number of benzene rings is 1. The average Bonchev–Trinajstić information content (AvgIpc) is 2.66. The van der Waals surface area contributed by atoms with E-state index < -0.39 is 6.17 Å². The topological polar surface area (TPSA) is 102 Å². The van der Waals surface area contributed by atoms with Crippen LogP contribution >= 0.6 is 11.6 Å². The number of nitrogens with zero attached hydrogens (tertiary/aromatic N) is 3. The summed E-state index contributed by atoms with van der Waals surface area (Å²) in [5.74, 6) is 0.00958. The molecule has 1 aromatic carbocycles. The Labute approximate surface area is 169 Å². The third-order valence-electron chi connectivity index (χ3n) is 3.87. The minimum Gasteiger partial charge on any atom is -0.351 e. The van der Waals surface area contributed by atoms with Crippen LogP contribution in [0.4, 0.5) is 0 Å². The zero-order chi connectivity index (χ0) is 20.6. The van der Waals surface area contributed by atoms with Gasteiger partial charge in [-0.05, 0) is 35.9 Å². The van der Waals surface area contributed by atoms with Crippen molar-refractivity contribution in [2.24, 2.45) is 10.4 Å². The Hall–Kier alpha value is -3.11. The molecule has 1 aromatic heterocycles. The molecule has 0 aliphatic heterocycles. The highest BCUT2D eigenvalue weighted by Gasteiger charge is 2.27. The lowest BCUT2D eigenvalue weighted by atomic mass is 9.92. The van der Waals surface area contributed by atoms with E-state index in [1.807, 2.05) is 32.9 Å². The van der Waals surface area contributed by atoms with Crippen molar-refractivity contribution < 1.29 is 4.79 Å². The molecular weight excluding hydrogens is 376 g/mol. The second-order valence-electron chi connectivity index (χ2n) is 7.20. The molecule has 1 unspecified atom stereocenters. The average molecular weight is 399 g/mol. The Morgan fingerprint density at radius 1 is 1.25 bits per heavy atom. The zero-order valence-electron chi connectivity index (χ0n) is 16.0. The predicted octanol–water partition coefficient (Wildman–Crippen LogP) is 3.05. The van der Waals surface area contributed by atoms with Crippen LogP contribution in [0.1, 0.15) is 36.7 Å². The molecule has 7 nitrogen and oxygen atoms in total. The van der Waals surface area contributed by atoms with Crippen LogP contribution in [0.5, 0.6) is 0 Å². The van der Waals surface area contributed by atoms with Gasteiger partial charge in [0.1, 0.15) is 6.17 Å². The zero-order valence-corrected chi connectivity index (χ0v) is 16.8. The van der Waals surface area contributed by atoms with Crippen LogP contribution in [0, 0.1) is 16.9 Å². The minimum atomic E-state index is -0.482. The fourth-order valence-corrected chi connectivity index (χ4v) is 2.41. The van der Waals surface area contributed by atoms with Crippen LogP contribution in [0.3, 0.4) is 0 Å². The highest BCUT2D eigenvalue weighted by atomic mass is 35.5. The number of carbonyl (C=O) groups is 1. The minimum absolute atomic E-state index is 0.257. The first-order valence-electron chi connectivity index (χ1n) is 8.72. The number of rotatable bonds is 5. The van der Waals surface area contributed by atoms with Gasteiger partial charge in [0.05, 0.1) is 0 Å². The number of nitriles is 1. The molecule has 2 rings (SSSR count). The highest BCUT2D eigenvalue weighted by Crippen LogP contribution is 2.18. The molecule has 1 heterocycles. The number of aromatic nitrogens is 1. The van der Waals surface area contributed by atoms with Gasteiger partial charge in [-0.15, -0.1) is 4.99 Å². The summed E-state index contributed by atoms with van der Waals surface area (Å²) >= 11 is 5.88. The Bertz CT molecular complexity index is 853. The van der Waals surface area contributed by atoms with Crippen LogP contribution in [0.15, 0.2) is 53.8 Å². The summed E-state index contributed by atoms with van der Waals surface area (Å²) in [6.45, 7) is 6.34. The molecule has 0 radical (unpaired) electrons. The third kappa shape index (κ3) is 6.56. The largest absolute Gasteiger partial charge is 0.351 e. The number of carbonyl (C=O) groups excluding carboxylic acids is 1. The predicted molar refractivity (Wildman–Crippen MR) is 109 cm³/mol. The van der Waals surface area contributed by atoms with E-state index in [0.29, 0.717) is 17.1 Å². The van der Waals surface area contributed by atoms with Crippen LogP contribution in [0.25, 0.3) is 0 Å². The third-order valence-corrected chi connectivity index (χ3v) is 4.13. The summed E-state index contributed by atoms with van der Waals surface area (Å²) < 4.78 is 0. The smallest absolute Gasteiger partial charge is 0.252 e.